The molecule has 0 radical (unpaired) electrons. The lowest BCUT2D eigenvalue weighted by Gasteiger charge is -2.12. The molecule has 0 spiro atoms. The van der Waals surface area contributed by atoms with Crippen molar-refractivity contribution in [2.24, 2.45) is 0 Å². The molecule has 16 heavy (non-hydrogen) atoms. The molecule has 2 rings (SSSR count). The lowest BCUT2D eigenvalue weighted by Crippen LogP contribution is -2.21. The van der Waals surface area contributed by atoms with Crippen LogP contribution in [0.25, 0.3) is 0 Å². The Morgan fingerprint density at radius 1 is 1.50 bits per heavy atom. The van der Waals surface area contributed by atoms with Gasteiger partial charge in [-0.25, -0.2) is 4.98 Å². The van der Waals surface area contributed by atoms with Gasteiger partial charge in [-0.15, -0.1) is 0 Å². The Balaban J connectivity index is 2.18. The molecule has 1 aliphatic carbocycles. The fourth-order valence-corrected chi connectivity index (χ4v) is 1.51. The third-order valence-electron chi connectivity index (χ3n) is 2.65. The van der Waals surface area contributed by atoms with Crippen LogP contribution in [0.15, 0.2) is 6.07 Å². The van der Waals surface area contributed by atoms with Crippen LogP contribution in [0, 0.1) is 0 Å². The number of aliphatic hydroxyl groups is 1. The summed E-state index contributed by atoms with van der Waals surface area (Å²) >= 11 is 0. The molecular weight excluding hydrogens is 204 g/mol. The van der Waals surface area contributed by atoms with E-state index in [1.165, 1.54) is 12.8 Å². The van der Waals surface area contributed by atoms with Crippen molar-refractivity contribution in [3.63, 3.8) is 0 Å². The van der Waals surface area contributed by atoms with Crippen molar-refractivity contribution >= 4 is 11.8 Å². The van der Waals surface area contributed by atoms with Gasteiger partial charge in [-0.05, 0) is 19.8 Å². The predicted octanol–water partition coefficient (Wildman–Crippen LogP) is 1.19. The predicted molar refractivity (Wildman–Crippen MR) is 63.7 cm³/mol. The summed E-state index contributed by atoms with van der Waals surface area (Å²) in [7, 11) is 1.85. The van der Waals surface area contributed by atoms with E-state index in [-0.39, 0.29) is 12.6 Å². The van der Waals surface area contributed by atoms with Gasteiger partial charge in [-0.1, -0.05) is 0 Å². The number of aromatic nitrogens is 2. The number of hydrogen-bond donors (Lipinski definition) is 3. The van der Waals surface area contributed by atoms with Gasteiger partial charge in [0.15, 0.2) is 0 Å². The minimum absolute atomic E-state index is 0.0286. The van der Waals surface area contributed by atoms with Crippen molar-refractivity contribution in [1.82, 2.24) is 9.97 Å². The zero-order valence-electron chi connectivity index (χ0n) is 9.70. The van der Waals surface area contributed by atoms with E-state index in [0.29, 0.717) is 11.9 Å². The van der Waals surface area contributed by atoms with E-state index >= 15 is 0 Å². The summed E-state index contributed by atoms with van der Waals surface area (Å²) in [4.78, 5) is 8.76. The van der Waals surface area contributed by atoms with Crippen LogP contribution in [0.5, 0.6) is 0 Å². The molecule has 0 unspecified atom stereocenters. The van der Waals surface area contributed by atoms with Crippen LogP contribution < -0.4 is 10.6 Å². The lowest BCUT2D eigenvalue weighted by atomic mass is 10.3. The average Bonchev–Trinajstić information content (AvgIpc) is 3.12. The normalized spacial score (nSPS) is 16.9. The van der Waals surface area contributed by atoms with E-state index in [4.69, 9.17) is 5.11 Å². The van der Waals surface area contributed by atoms with E-state index in [2.05, 4.69) is 20.6 Å². The largest absolute Gasteiger partial charge is 0.394 e. The summed E-state index contributed by atoms with van der Waals surface area (Å²) in [5, 5.41) is 15.1. The highest BCUT2D eigenvalue weighted by Gasteiger charge is 2.26. The molecule has 1 heterocycles. The Bertz CT molecular complexity index is 365. The highest BCUT2D eigenvalue weighted by atomic mass is 16.3. The van der Waals surface area contributed by atoms with Crippen LogP contribution in [0.4, 0.5) is 11.8 Å². The highest BCUT2D eigenvalue weighted by Crippen LogP contribution is 2.39. The van der Waals surface area contributed by atoms with Gasteiger partial charge in [-0.3, -0.25) is 0 Å². The molecule has 1 aromatic rings. The molecule has 0 bridgehead atoms. The van der Waals surface area contributed by atoms with E-state index in [0.717, 1.165) is 11.5 Å². The monoisotopic (exact) mass is 222 g/mol. The summed E-state index contributed by atoms with van der Waals surface area (Å²) in [5.41, 5.74) is 1.09. The molecule has 88 valence electrons. The van der Waals surface area contributed by atoms with Gasteiger partial charge in [0.1, 0.15) is 5.82 Å². The molecule has 5 nitrogen and oxygen atoms in total. The molecule has 3 N–H and O–H groups in total. The van der Waals surface area contributed by atoms with Crippen LogP contribution in [-0.2, 0) is 0 Å². The van der Waals surface area contributed by atoms with Crippen LogP contribution in [0.2, 0.25) is 0 Å². The number of hydrogen-bond acceptors (Lipinski definition) is 5. The Hall–Kier alpha value is -1.36. The molecule has 1 fully saturated rings. The molecular formula is C11H18N4O. The SMILES string of the molecule is CNc1cc(C2CC2)nc(N[C@H](C)CO)n1. The topological polar surface area (TPSA) is 70.1 Å². The molecule has 1 atom stereocenters. The number of nitrogens with zero attached hydrogens (tertiary/aromatic N) is 2. The van der Waals surface area contributed by atoms with Crippen LogP contribution in [-0.4, -0.2) is 34.8 Å². The zero-order chi connectivity index (χ0) is 11.5. The summed E-state index contributed by atoms with van der Waals surface area (Å²) in [6, 6.07) is 1.96. The van der Waals surface area contributed by atoms with Crippen LogP contribution in [0.1, 0.15) is 31.4 Å². The smallest absolute Gasteiger partial charge is 0.225 e. The molecule has 0 aliphatic heterocycles. The van der Waals surface area contributed by atoms with Gasteiger partial charge in [0.2, 0.25) is 5.95 Å². The lowest BCUT2D eigenvalue weighted by molar-refractivity contribution is 0.281. The molecule has 0 aromatic carbocycles. The Labute approximate surface area is 95.3 Å². The minimum Gasteiger partial charge on any atom is -0.394 e. The summed E-state index contributed by atoms with van der Waals surface area (Å²) in [6.45, 7) is 1.97. The van der Waals surface area contributed by atoms with Crippen molar-refractivity contribution in [3.8, 4) is 0 Å². The van der Waals surface area contributed by atoms with Crippen molar-refractivity contribution in [2.75, 3.05) is 24.3 Å². The number of aliphatic hydroxyl groups excluding tert-OH is 1. The summed E-state index contributed by atoms with van der Waals surface area (Å²) < 4.78 is 0. The van der Waals surface area contributed by atoms with Crippen molar-refractivity contribution in [1.29, 1.82) is 0 Å². The second-order valence-electron chi connectivity index (χ2n) is 4.25. The molecule has 1 saturated carbocycles. The first kappa shape index (κ1) is 11.1. The fourth-order valence-electron chi connectivity index (χ4n) is 1.51. The Morgan fingerprint density at radius 2 is 2.25 bits per heavy atom. The first-order valence-electron chi connectivity index (χ1n) is 5.67. The summed E-state index contributed by atoms with van der Waals surface area (Å²) in [5.74, 6) is 2.01. The molecule has 0 amide bonds. The standard InChI is InChI=1S/C11H18N4O/c1-7(6-16)13-11-14-9(8-3-4-8)5-10(12-2)15-11/h5,7-8,16H,3-4,6H2,1-2H3,(H2,12,13,14,15)/t7-/m1/s1. The fraction of sp³-hybridized carbons (Fsp3) is 0.636. The van der Waals surface area contributed by atoms with Crippen LogP contribution in [0.3, 0.4) is 0 Å². The third-order valence-corrected chi connectivity index (χ3v) is 2.65. The van der Waals surface area contributed by atoms with Crippen molar-refractivity contribution < 1.29 is 5.11 Å². The van der Waals surface area contributed by atoms with Gasteiger partial charge in [-0.2, -0.15) is 4.98 Å². The average molecular weight is 222 g/mol. The van der Waals surface area contributed by atoms with E-state index in [9.17, 15) is 0 Å². The first-order valence-corrected chi connectivity index (χ1v) is 5.67. The van der Waals surface area contributed by atoms with Gasteiger partial charge < -0.3 is 15.7 Å². The van der Waals surface area contributed by atoms with Gasteiger partial charge >= 0.3 is 0 Å². The molecule has 1 aliphatic rings. The first-order chi connectivity index (χ1) is 7.72. The van der Waals surface area contributed by atoms with Gasteiger partial charge in [0.05, 0.1) is 12.3 Å². The quantitative estimate of drug-likeness (QED) is 0.698. The maximum atomic E-state index is 8.98. The number of anilines is 2. The highest BCUT2D eigenvalue weighted by molar-refractivity contribution is 5.43. The van der Waals surface area contributed by atoms with Crippen molar-refractivity contribution in [2.45, 2.75) is 31.7 Å². The summed E-state index contributed by atoms with van der Waals surface area (Å²) in [6.07, 6.45) is 2.43. The van der Waals surface area contributed by atoms with E-state index in [1.54, 1.807) is 0 Å². The Kier molecular flexibility index (Phi) is 3.24. The van der Waals surface area contributed by atoms with Crippen LogP contribution >= 0.6 is 0 Å². The Morgan fingerprint density at radius 3 is 2.81 bits per heavy atom. The minimum atomic E-state index is -0.0286. The van der Waals surface area contributed by atoms with Gasteiger partial charge in [0.25, 0.3) is 0 Å². The second-order valence-corrected chi connectivity index (χ2v) is 4.25. The van der Waals surface area contributed by atoms with Gasteiger partial charge in [0, 0.05) is 25.1 Å². The maximum Gasteiger partial charge on any atom is 0.225 e. The second kappa shape index (κ2) is 4.65. The molecule has 5 heteroatoms. The van der Waals surface area contributed by atoms with Crippen molar-refractivity contribution in [3.05, 3.63) is 11.8 Å². The number of nitrogens with one attached hydrogen (secondary N) is 2. The zero-order valence-corrected chi connectivity index (χ0v) is 9.70. The maximum absolute atomic E-state index is 8.98. The molecule has 1 aromatic heterocycles. The molecule has 0 saturated heterocycles. The van der Waals surface area contributed by atoms with E-state index < -0.39 is 0 Å². The number of rotatable bonds is 5. The third kappa shape index (κ3) is 2.61. The van der Waals surface area contributed by atoms with E-state index in [1.807, 2.05) is 20.0 Å².